The van der Waals surface area contributed by atoms with E-state index < -0.39 is 0 Å². The van der Waals surface area contributed by atoms with Gasteiger partial charge in [0.25, 0.3) is 0 Å². The minimum absolute atomic E-state index is 0.122. The predicted molar refractivity (Wildman–Crippen MR) is 131 cm³/mol. The first-order valence-electron chi connectivity index (χ1n) is 11.2. The molecule has 2 aromatic heterocycles. The van der Waals surface area contributed by atoms with Crippen LogP contribution < -0.4 is 10.2 Å². The fourth-order valence-electron chi connectivity index (χ4n) is 3.79. The van der Waals surface area contributed by atoms with Gasteiger partial charge in [-0.05, 0) is 44.1 Å². The van der Waals surface area contributed by atoms with Crippen LogP contribution in [0.5, 0.6) is 0 Å². The summed E-state index contributed by atoms with van der Waals surface area (Å²) in [5, 5.41) is 8.87. The van der Waals surface area contributed by atoms with Crippen LogP contribution in [0.3, 0.4) is 0 Å². The SMILES string of the molecule is CCCSCCCNC(=O)C1CCN(c2nn3cc(-c4ccc(C)cc4)nc3s2)CC1. The van der Waals surface area contributed by atoms with E-state index in [2.05, 4.69) is 48.3 Å². The standard InChI is InChI=1S/C23H31N5OS2/c1-3-14-30-15-4-11-24-21(29)19-9-12-27(13-10-19)23-26-28-16-20(25-22(28)31-23)18-7-5-17(2)6-8-18/h5-8,16,19H,3-4,9-15H2,1-2H3,(H,24,29). The molecule has 1 aliphatic heterocycles. The van der Waals surface area contributed by atoms with Crippen LogP contribution in [-0.4, -0.2) is 51.6 Å². The molecule has 6 nitrogen and oxygen atoms in total. The number of fused-ring (bicyclic) bond motifs is 1. The normalized spacial score (nSPS) is 15.0. The largest absolute Gasteiger partial charge is 0.356 e. The van der Waals surface area contributed by atoms with Crippen molar-refractivity contribution in [3.63, 3.8) is 0 Å². The number of carbonyl (C=O) groups excluding carboxylic acids is 1. The van der Waals surface area contributed by atoms with E-state index in [9.17, 15) is 4.79 Å². The van der Waals surface area contributed by atoms with Gasteiger partial charge in [-0.1, -0.05) is 48.1 Å². The van der Waals surface area contributed by atoms with Gasteiger partial charge < -0.3 is 10.2 Å². The number of benzene rings is 1. The summed E-state index contributed by atoms with van der Waals surface area (Å²) in [7, 11) is 0. The quantitative estimate of drug-likeness (QED) is 0.475. The fourth-order valence-corrected chi connectivity index (χ4v) is 5.57. The van der Waals surface area contributed by atoms with Gasteiger partial charge in [-0.15, -0.1) is 5.10 Å². The number of hydrogen-bond donors (Lipinski definition) is 1. The zero-order chi connectivity index (χ0) is 21.6. The van der Waals surface area contributed by atoms with Gasteiger partial charge in [0.2, 0.25) is 16.0 Å². The van der Waals surface area contributed by atoms with E-state index >= 15 is 0 Å². The molecular formula is C23H31N5OS2. The first-order chi connectivity index (χ1) is 15.1. The van der Waals surface area contributed by atoms with Crippen LogP contribution in [0.4, 0.5) is 5.13 Å². The highest BCUT2D eigenvalue weighted by atomic mass is 32.2. The fraction of sp³-hybridized carbons (Fsp3) is 0.522. The molecule has 1 fully saturated rings. The zero-order valence-corrected chi connectivity index (χ0v) is 20.0. The third-order valence-electron chi connectivity index (χ3n) is 5.63. The smallest absolute Gasteiger partial charge is 0.223 e. The summed E-state index contributed by atoms with van der Waals surface area (Å²) in [5.41, 5.74) is 3.31. The lowest BCUT2D eigenvalue weighted by Crippen LogP contribution is -2.40. The Morgan fingerprint density at radius 3 is 2.71 bits per heavy atom. The Bertz CT molecular complexity index is 958. The molecule has 0 radical (unpaired) electrons. The average Bonchev–Trinajstić information content (AvgIpc) is 3.36. The minimum Gasteiger partial charge on any atom is -0.356 e. The lowest BCUT2D eigenvalue weighted by atomic mass is 9.96. The summed E-state index contributed by atoms with van der Waals surface area (Å²) in [6.07, 6.45) is 6.03. The monoisotopic (exact) mass is 457 g/mol. The molecule has 3 heterocycles. The van der Waals surface area contributed by atoms with Crippen LogP contribution in [0.1, 0.15) is 38.2 Å². The van der Waals surface area contributed by atoms with Crippen molar-refractivity contribution in [2.75, 3.05) is 36.0 Å². The molecule has 166 valence electrons. The van der Waals surface area contributed by atoms with Crippen molar-refractivity contribution in [2.45, 2.75) is 39.5 Å². The minimum atomic E-state index is 0.122. The highest BCUT2D eigenvalue weighted by Crippen LogP contribution is 2.29. The number of rotatable bonds is 9. The van der Waals surface area contributed by atoms with E-state index in [-0.39, 0.29) is 11.8 Å². The van der Waals surface area contributed by atoms with Crippen molar-refractivity contribution in [3.8, 4) is 11.3 Å². The van der Waals surface area contributed by atoms with Crippen molar-refractivity contribution < 1.29 is 4.79 Å². The lowest BCUT2D eigenvalue weighted by Gasteiger charge is -2.30. The molecule has 0 spiro atoms. The Kier molecular flexibility index (Phi) is 7.50. The first-order valence-corrected chi connectivity index (χ1v) is 13.1. The highest BCUT2D eigenvalue weighted by molar-refractivity contribution is 7.99. The van der Waals surface area contributed by atoms with Gasteiger partial charge in [0.15, 0.2) is 0 Å². The maximum atomic E-state index is 12.5. The molecule has 8 heteroatoms. The third kappa shape index (κ3) is 5.60. The molecule has 1 amide bonds. The summed E-state index contributed by atoms with van der Waals surface area (Å²) in [4.78, 5) is 20.4. The second-order valence-electron chi connectivity index (χ2n) is 8.12. The number of imidazole rings is 1. The molecule has 3 aromatic rings. The Morgan fingerprint density at radius 2 is 2.00 bits per heavy atom. The second kappa shape index (κ2) is 10.5. The molecule has 4 rings (SSSR count). The number of aryl methyl sites for hydroxylation is 1. The second-order valence-corrected chi connectivity index (χ2v) is 10.3. The van der Waals surface area contributed by atoms with Gasteiger partial charge in [-0.2, -0.15) is 11.8 Å². The summed E-state index contributed by atoms with van der Waals surface area (Å²) >= 11 is 3.59. The Balaban J connectivity index is 1.27. The van der Waals surface area contributed by atoms with Gasteiger partial charge in [-0.25, -0.2) is 9.50 Å². The molecule has 0 aliphatic carbocycles. The highest BCUT2D eigenvalue weighted by Gasteiger charge is 2.26. The van der Waals surface area contributed by atoms with E-state index in [0.717, 1.165) is 66.0 Å². The van der Waals surface area contributed by atoms with Crippen molar-refractivity contribution >= 4 is 39.1 Å². The lowest BCUT2D eigenvalue weighted by molar-refractivity contribution is -0.125. The topological polar surface area (TPSA) is 62.5 Å². The van der Waals surface area contributed by atoms with Gasteiger partial charge in [-0.3, -0.25) is 4.79 Å². The van der Waals surface area contributed by atoms with Crippen LogP contribution in [0.25, 0.3) is 16.2 Å². The van der Waals surface area contributed by atoms with Crippen molar-refractivity contribution in [2.24, 2.45) is 5.92 Å². The molecule has 31 heavy (non-hydrogen) atoms. The van der Waals surface area contributed by atoms with Gasteiger partial charge in [0.1, 0.15) is 0 Å². The van der Waals surface area contributed by atoms with Crippen molar-refractivity contribution in [3.05, 3.63) is 36.0 Å². The van der Waals surface area contributed by atoms with Crippen LogP contribution in [0.15, 0.2) is 30.5 Å². The number of nitrogens with one attached hydrogen (secondary N) is 1. The maximum absolute atomic E-state index is 12.5. The van der Waals surface area contributed by atoms with Crippen LogP contribution in [0, 0.1) is 12.8 Å². The molecule has 0 bridgehead atoms. The maximum Gasteiger partial charge on any atom is 0.223 e. The zero-order valence-electron chi connectivity index (χ0n) is 18.3. The molecule has 1 N–H and O–H groups in total. The van der Waals surface area contributed by atoms with E-state index in [0.29, 0.717) is 0 Å². The van der Waals surface area contributed by atoms with Crippen LogP contribution in [-0.2, 0) is 4.79 Å². The summed E-state index contributed by atoms with van der Waals surface area (Å²) < 4.78 is 1.88. The van der Waals surface area contributed by atoms with Crippen LogP contribution >= 0.6 is 23.1 Å². The number of thioether (sulfide) groups is 1. The van der Waals surface area contributed by atoms with E-state index in [4.69, 9.17) is 10.1 Å². The van der Waals surface area contributed by atoms with E-state index in [1.165, 1.54) is 17.7 Å². The summed E-state index contributed by atoms with van der Waals surface area (Å²) in [6.45, 7) is 6.82. The van der Waals surface area contributed by atoms with Crippen molar-refractivity contribution in [1.82, 2.24) is 19.9 Å². The number of carbonyl (C=O) groups is 1. The molecule has 1 saturated heterocycles. The van der Waals surface area contributed by atoms with E-state index in [1.54, 1.807) is 11.3 Å². The molecular weight excluding hydrogens is 426 g/mol. The number of amides is 1. The van der Waals surface area contributed by atoms with Gasteiger partial charge in [0.05, 0.1) is 11.9 Å². The van der Waals surface area contributed by atoms with Gasteiger partial charge >= 0.3 is 0 Å². The average molecular weight is 458 g/mol. The number of hydrogen-bond acceptors (Lipinski definition) is 6. The van der Waals surface area contributed by atoms with E-state index in [1.807, 2.05) is 22.5 Å². The Morgan fingerprint density at radius 1 is 1.23 bits per heavy atom. The Hall–Kier alpha value is -2.06. The van der Waals surface area contributed by atoms with Gasteiger partial charge in [0, 0.05) is 31.1 Å². The number of nitrogens with zero attached hydrogens (tertiary/aromatic N) is 4. The predicted octanol–water partition coefficient (Wildman–Crippen LogP) is 4.63. The van der Waals surface area contributed by atoms with Crippen LogP contribution in [0.2, 0.25) is 0 Å². The molecule has 0 unspecified atom stereocenters. The molecule has 1 aliphatic rings. The summed E-state index contributed by atoms with van der Waals surface area (Å²) in [5.74, 6) is 2.68. The van der Waals surface area contributed by atoms with Crippen molar-refractivity contribution in [1.29, 1.82) is 0 Å². The molecule has 1 aromatic carbocycles. The number of piperidine rings is 1. The molecule has 0 atom stereocenters. The number of anilines is 1. The first kappa shape index (κ1) is 22.1. The Labute approximate surface area is 192 Å². The number of aromatic nitrogens is 3. The molecule has 0 saturated carbocycles. The third-order valence-corrected chi connectivity index (χ3v) is 7.89. The summed E-state index contributed by atoms with van der Waals surface area (Å²) in [6, 6.07) is 8.41.